The Bertz CT molecular complexity index is 729. The first-order chi connectivity index (χ1) is 11.7. The van der Waals surface area contributed by atoms with E-state index in [0.717, 1.165) is 5.56 Å². The first-order valence-corrected chi connectivity index (χ1v) is 7.46. The molecule has 0 bridgehead atoms. The molecule has 0 aliphatic carbocycles. The van der Waals surface area contributed by atoms with Crippen molar-refractivity contribution in [1.82, 2.24) is 5.43 Å². The van der Waals surface area contributed by atoms with Crippen molar-refractivity contribution < 1.29 is 19.0 Å². The summed E-state index contributed by atoms with van der Waals surface area (Å²) in [4.78, 5) is 12.2. The Labute approximate surface area is 141 Å². The molecule has 2 rings (SSSR count). The van der Waals surface area contributed by atoms with Crippen LogP contribution in [0.25, 0.3) is 0 Å². The topological polar surface area (TPSA) is 69.2 Å². The van der Waals surface area contributed by atoms with E-state index in [1.165, 1.54) is 6.21 Å². The number of nitrogens with one attached hydrogen (secondary N) is 1. The number of rotatable bonds is 7. The molecule has 0 fully saturated rings. The van der Waals surface area contributed by atoms with Gasteiger partial charge in [0, 0.05) is 0 Å². The van der Waals surface area contributed by atoms with Gasteiger partial charge in [0.15, 0.2) is 11.5 Å². The third-order valence-corrected chi connectivity index (χ3v) is 3.22. The van der Waals surface area contributed by atoms with Crippen molar-refractivity contribution in [3.05, 3.63) is 53.6 Å². The maximum Gasteiger partial charge on any atom is 0.275 e. The van der Waals surface area contributed by atoms with E-state index in [1.807, 2.05) is 19.1 Å². The summed E-state index contributed by atoms with van der Waals surface area (Å²) in [6.07, 6.45) is 1.53. The van der Waals surface area contributed by atoms with Crippen molar-refractivity contribution in [1.29, 1.82) is 0 Å². The third-order valence-electron chi connectivity index (χ3n) is 3.22. The molecule has 0 heterocycles. The lowest BCUT2D eigenvalue weighted by Crippen LogP contribution is -2.18. The highest BCUT2D eigenvalue weighted by atomic mass is 16.5. The van der Waals surface area contributed by atoms with Crippen LogP contribution >= 0.6 is 0 Å². The normalized spacial score (nSPS) is 10.5. The maximum atomic E-state index is 12.2. The molecule has 0 spiro atoms. The van der Waals surface area contributed by atoms with Gasteiger partial charge in [0.05, 0.1) is 32.6 Å². The van der Waals surface area contributed by atoms with E-state index in [9.17, 15) is 4.79 Å². The molecule has 2 aromatic rings. The predicted octanol–water partition coefficient (Wildman–Crippen LogP) is 2.87. The van der Waals surface area contributed by atoms with Gasteiger partial charge in [-0.2, -0.15) is 5.10 Å². The summed E-state index contributed by atoms with van der Waals surface area (Å²) >= 11 is 0. The van der Waals surface area contributed by atoms with Crippen LogP contribution in [0.5, 0.6) is 17.2 Å². The summed E-state index contributed by atoms with van der Waals surface area (Å²) in [5.74, 6) is 1.41. The molecule has 0 saturated carbocycles. The van der Waals surface area contributed by atoms with Gasteiger partial charge in [0.25, 0.3) is 5.91 Å². The van der Waals surface area contributed by atoms with Crippen molar-refractivity contribution in [3.8, 4) is 17.2 Å². The van der Waals surface area contributed by atoms with Gasteiger partial charge in [-0.1, -0.05) is 12.1 Å². The Hall–Kier alpha value is -3.02. The number of ether oxygens (including phenoxy) is 3. The number of carbonyl (C=O) groups excluding carboxylic acids is 1. The molecule has 126 valence electrons. The molecule has 0 atom stereocenters. The Morgan fingerprint density at radius 1 is 1.08 bits per heavy atom. The molecular weight excluding hydrogens is 308 g/mol. The highest BCUT2D eigenvalue weighted by Gasteiger charge is 2.10. The van der Waals surface area contributed by atoms with Gasteiger partial charge in [-0.3, -0.25) is 4.79 Å². The summed E-state index contributed by atoms with van der Waals surface area (Å²) < 4.78 is 15.8. The monoisotopic (exact) mass is 328 g/mol. The minimum atomic E-state index is -0.337. The van der Waals surface area contributed by atoms with Gasteiger partial charge in [0.1, 0.15) is 5.75 Å². The van der Waals surface area contributed by atoms with Crippen molar-refractivity contribution in [3.63, 3.8) is 0 Å². The van der Waals surface area contributed by atoms with Crippen molar-refractivity contribution in [2.24, 2.45) is 5.10 Å². The van der Waals surface area contributed by atoms with Crippen molar-refractivity contribution in [2.75, 3.05) is 20.8 Å². The Morgan fingerprint density at radius 2 is 1.83 bits per heavy atom. The molecule has 0 aliphatic rings. The van der Waals surface area contributed by atoms with Crippen LogP contribution in [0.15, 0.2) is 47.6 Å². The fourth-order valence-electron chi connectivity index (χ4n) is 2.09. The first-order valence-electron chi connectivity index (χ1n) is 7.46. The number of benzene rings is 2. The van der Waals surface area contributed by atoms with Crippen LogP contribution in [-0.4, -0.2) is 32.9 Å². The van der Waals surface area contributed by atoms with Crippen LogP contribution in [0.1, 0.15) is 22.8 Å². The molecule has 6 nitrogen and oxygen atoms in total. The number of carbonyl (C=O) groups is 1. The van der Waals surface area contributed by atoms with E-state index in [-0.39, 0.29) is 5.91 Å². The number of hydrazone groups is 1. The van der Waals surface area contributed by atoms with Crippen LogP contribution in [0.2, 0.25) is 0 Å². The van der Waals surface area contributed by atoms with Crippen LogP contribution < -0.4 is 19.6 Å². The van der Waals surface area contributed by atoms with E-state index in [2.05, 4.69) is 10.5 Å². The smallest absolute Gasteiger partial charge is 0.275 e. The van der Waals surface area contributed by atoms with Gasteiger partial charge in [-0.25, -0.2) is 5.43 Å². The molecule has 0 unspecified atom stereocenters. The summed E-state index contributed by atoms with van der Waals surface area (Å²) in [6, 6.07) is 12.4. The molecule has 6 heteroatoms. The number of methoxy groups -OCH3 is 2. The lowest BCUT2D eigenvalue weighted by atomic mass is 10.2. The van der Waals surface area contributed by atoms with Crippen LogP contribution in [0.3, 0.4) is 0 Å². The van der Waals surface area contributed by atoms with Crippen LogP contribution in [-0.2, 0) is 0 Å². The van der Waals surface area contributed by atoms with E-state index < -0.39 is 0 Å². The Balaban J connectivity index is 2.07. The second-order valence-electron chi connectivity index (χ2n) is 4.74. The summed E-state index contributed by atoms with van der Waals surface area (Å²) in [7, 11) is 3.13. The quantitative estimate of drug-likeness (QED) is 0.627. The third kappa shape index (κ3) is 4.25. The van der Waals surface area contributed by atoms with Crippen LogP contribution in [0, 0.1) is 0 Å². The zero-order valence-corrected chi connectivity index (χ0v) is 13.9. The van der Waals surface area contributed by atoms with Gasteiger partial charge in [-0.05, 0) is 42.8 Å². The number of hydrogen-bond acceptors (Lipinski definition) is 5. The largest absolute Gasteiger partial charge is 0.493 e. The summed E-state index contributed by atoms with van der Waals surface area (Å²) in [5, 5.41) is 3.97. The van der Waals surface area contributed by atoms with Gasteiger partial charge in [0.2, 0.25) is 0 Å². The molecule has 1 N–H and O–H groups in total. The predicted molar refractivity (Wildman–Crippen MR) is 92.2 cm³/mol. The molecule has 0 radical (unpaired) electrons. The summed E-state index contributed by atoms with van der Waals surface area (Å²) in [5.41, 5.74) is 3.69. The average Bonchev–Trinajstić information content (AvgIpc) is 2.62. The van der Waals surface area contributed by atoms with Gasteiger partial charge < -0.3 is 14.2 Å². The number of nitrogens with zero attached hydrogens (tertiary/aromatic N) is 1. The molecule has 2 aromatic carbocycles. The van der Waals surface area contributed by atoms with Crippen molar-refractivity contribution >= 4 is 12.1 Å². The number of hydrogen-bond donors (Lipinski definition) is 1. The molecule has 0 saturated heterocycles. The van der Waals surface area contributed by atoms with Crippen LogP contribution in [0.4, 0.5) is 0 Å². The molecular formula is C18H20N2O4. The maximum absolute atomic E-state index is 12.2. The Kier molecular flexibility index (Phi) is 6.19. The fourth-order valence-corrected chi connectivity index (χ4v) is 2.09. The molecule has 0 aromatic heterocycles. The molecule has 1 amide bonds. The summed E-state index contributed by atoms with van der Waals surface area (Å²) in [6.45, 7) is 2.35. The Morgan fingerprint density at radius 3 is 2.54 bits per heavy atom. The fraction of sp³-hybridized carbons (Fsp3) is 0.222. The van der Waals surface area contributed by atoms with Gasteiger partial charge >= 0.3 is 0 Å². The zero-order chi connectivity index (χ0) is 17.4. The number of para-hydroxylation sites is 1. The highest BCUT2D eigenvalue weighted by Crippen LogP contribution is 2.26. The standard InChI is InChI=1S/C18H20N2O4/c1-4-24-15-8-6-5-7-14(15)18(21)20-19-12-13-9-10-16(22-2)17(11-13)23-3/h5-12H,4H2,1-3H3,(H,20,21)/b19-12-. The van der Waals surface area contributed by atoms with Crippen molar-refractivity contribution in [2.45, 2.75) is 6.92 Å². The highest BCUT2D eigenvalue weighted by molar-refractivity contribution is 5.97. The lowest BCUT2D eigenvalue weighted by Gasteiger charge is -2.08. The second kappa shape index (κ2) is 8.57. The molecule has 0 aliphatic heterocycles. The average molecular weight is 328 g/mol. The first kappa shape index (κ1) is 17.3. The number of amides is 1. The van der Waals surface area contributed by atoms with E-state index >= 15 is 0 Å². The lowest BCUT2D eigenvalue weighted by molar-refractivity contribution is 0.0951. The SMILES string of the molecule is CCOc1ccccc1C(=O)N/N=C\c1ccc(OC)c(OC)c1. The van der Waals surface area contributed by atoms with Gasteiger partial charge in [-0.15, -0.1) is 0 Å². The van der Waals surface area contributed by atoms with E-state index in [1.54, 1.807) is 44.6 Å². The second-order valence-corrected chi connectivity index (χ2v) is 4.74. The minimum absolute atomic E-state index is 0.337. The molecule has 24 heavy (non-hydrogen) atoms. The minimum Gasteiger partial charge on any atom is -0.493 e. The zero-order valence-electron chi connectivity index (χ0n) is 13.9. The van der Waals surface area contributed by atoms with E-state index in [4.69, 9.17) is 14.2 Å². The van der Waals surface area contributed by atoms with E-state index in [0.29, 0.717) is 29.4 Å².